The molecular formula is C10H17BO. The van der Waals surface area contributed by atoms with E-state index in [1.165, 1.54) is 12.8 Å². The van der Waals surface area contributed by atoms with E-state index in [1.54, 1.807) is 0 Å². The van der Waals surface area contributed by atoms with Gasteiger partial charge < -0.3 is 4.74 Å². The van der Waals surface area contributed by atoms with Crippen molar-refractivity contribution in [3.05, 3.63) is 0 Å². The zero-order valence-electron chi connectivity index (χ0n) is 8.05. The number of rotatable bonds is 1. The topological polar surface area (TPSA) is 9.23 Å². The van der Waals surface area contributed by atoms with E-state index >= 15 is 0 Å². The van der Waals surface area contributed by atoms with Crippen molar-refractivity contribution in [2.45, 2.75) is 32.5 Å². The second kappa shape index (κ2) is 2.76. The van der Waals surface area contributed by atoms with Crippen molar-refractivity contribution in [1.82, 2.24) is 0 Å². The monoisotopic (exact) mass is 164 g/mol. The molecule has 2 radical (unpaired) electrons. The summed E-state index contributed by atoms with van der Waals surface area (Å²) in [7, 11) is 6.09. The molecule has 1 aliphatic carbocycles. The van der Waals surface area contributed by atoms with Crippen LogP contribution in [-0.2, 0) is 4.74 Å². The smallest absolute Gasteiger partial charge is 0.0704 e. The number of fused-ring (bicyclic) bond motifs is 2. The molecule has 2 rings (SSSR count). The van der Waals surface area contributed by atoms with Crippen LogP contribution in [0.5, 0.6) is 0 Å². The largest absolute Gasteiger partial charge is 0.381 e. The Morgan fingerprint density at radius 2 is 2.33 bits per heavy atom. The predicted molar refractivity (Wildman–Crippen MR) is 50.3 cm³/mol. The number of hydrogen-bond acceptors (Lipinski definition) is 1. The molecule has 0 aromatic heterocycles. The first-order valence-corrected chi connectivity index (χ1v) is 5.03. The third kappa shape index (κ3) is 0.969. The molecule has 2 fully saturated rings. The second-order valence-corrected chi connectivity index (χ2v) is 4.55. The first-order valence-electron chi connectivity index (χ1n) is 5.03. The molecule has 1 saturated heterocycles. The van der Waals surface area contributed by atoms with Gasteiger partial charge in [0.25, 0.3) is 0 Å². The Morgan fingerprint density at radius 1 is 1.58 bits per heavy atom. The second-order valence-electron chi connectivity index (χ2n) is 4.55. The molecule has 0 N–H and O–H groups in total. The normalized spacial score (nSPS) is 52.7. The molecular weight excluding hydrogens is 147 g/mol. The lowest BCUT2D eigenvalue weighted by Gasteiger charge is -2.38. The Bertz CT molecular complexity index is 183. The molecule has 0 spiro atoms. The summed E-state index contributed by atoms with van der Waals surface area (Å²) in [5.74, 6) is 1.78. The highest BCUT2D eigenvalue weighted by Crippen LogP contribution is 2.56. The highest BCUT2D eigenvalue weighted by molar-refractivity contribution is 6.12. The zero-order valence-corrected chi connectivity index (χ0v) is 8.05. The Kier molecular flexibility index (Phi) is 1.98. The fourth-order valence-electron chi connectivity index (χ4n) is 3.06. The van der Waals surface area contributed by atoms with Gasteiger partial charge in [-0.1, -0.05) is 19.7 Å². The summed E-state index contributed by atoms with van der Waals surface area (Å²) in [5, 5.41) is 0. The van der Waals surface area contributed by atoms with Gasteiger partial charge >= 0.3 is 0 Å². The summed E-state index contributed by atoms with van der Waals surface area (Å²) < 4.78 is 5.61. The quantitative estimate of drug-likeness (QED) is 0.538. The molecule has 0 aromatic rings. The lowest BCUT2D eigenvalue weighted by molar-refractivity contribution is -0.0464. The van der Waals surface area contributed by atoms with Crippen LogP contribution in [0.4, 0.5) is 0 Å². The molecule has 1 nitrogen and oxygen atoms in total. The first kappa shape index (κ1) is 8.62. The van der Waals surface area contributed by atoms with E-state index in [4.69, 9.17) is 12.6 Å². The predicted octanol–water partition coefficient (Wildman–Crippen LogP) is 2.03. The highest BCUT2D eigenvalue weighted by Gasteiger charge is 2.50. The van der Waals surface area contributed by atoms with Crippen LogP contribution in [0.2, 0.25) is 5.82 Å². The lowest BCUT2D eigenvalue weighted by Crippen LogP contribution is -2.37. The van der Waals surface area contributed by atoms with Gasteiger partial charge in [-0.05, 0) is 30.1 Å². The zero-order chi connectivity index (χ0) is 8.77. The van der Waals surface area contributed by atoms with Crippen molar-refractivity contribution in [2.75, 3.05) is 13.2 Å². The van der Waals surface area contributed by atoms with Gasteiger partial charge in [-0.25, -0.2) is 0 Å². The average Bonchev–Trinajstić information content (AvgIpc) is 2.23. The third-order valence-electron chi connectivity index (χ3n) is 4.20. The third-order valence-corrected chi connectivity index (χ3v) is 4.20. The van der Waals surface area contributed by atoms with Gasteiger partial charge in [0.05, 0.1) is 14.5 Å². The maximum Gasteiger partial charge on any atom is 0.0704 e. The summed E-state index contributed by atoms with van der Waals surface area (Å²) in [6, 6.07) is 0. The van der Waals surface area contributed by atoms with Crippen LogP contribution < -0.4 is 0 Å². The molecule has 2 aliphatic rings. The van der Waals surface area contributed by atoms with Crippen molar-refractivity contribution in [2.24, 2.45) is 17.3 Å². The van der Waals surface area contributed by atoms with Gasteiger partial charge in [0.15, 0.2) is 0 Å². The van der Waals surface area contributed by atoms with Gasteiger partial charge in [-0.3, -0.25) is 0 Å². The summed E-state index contributed by atoms with van der Waals surface area (Å²) in [6.07, 6.45) is 2.40. The van der Waals surface area contributed by atoms with Crippen LogP contribution in [0.15, 0.2) is 0 Å². The Labute approximate surface area is 76.3 Å². The number of hydrogen-bond donors (Lipinski definition) is 0. The van der Waals surface area contributed by atoms with Crippen molar-refractivity contribution in [3.8, 4) is 0 Å². The summed E-state index contributed by atoms with van der Waals surface area (Å²) in [6.45, 7) is 6.45. The van der Waals surface area contributed by atoms with E-state index in [9.17, 15) is 0 Å². The SMILES string of the molecule is [B][C@@H]1C[C@@]2(CC)COC[C@H]1C2C. The van der Waals surface area contributed by atoms with E-state index in [-0.39, 0.29) is 0 Å². The van der Waals surface area contributed by atoms with Crippen LogP contribution in [0.3, 0.4) is 0 Å². The van der Waals surface area contributed by atoms with Crippen LogP contribution >= 0.6 is 0 Å². The maximum absolute atomic E-state index is 6.09. The first-order chi connectivity index (χ1) is 5.69. The fourth-order valence-corrected chi connectivity index (χ4v) is 3.06. The lowest BCUT2D eigenvalue weighted by atomic mass is 9.74. The minimum Gasteiger partial charge on any atom is -0.381 e. The van der Waals surface area contributed by atoms with Gasteiger partial charge in [0, 0.05) is 6.61 Å². The van der Waals surface area contributed by atoms with Crippen molar-refractivity contribution in [1.29, 1.82) is 0 Å². The van der Waals surface area contributed by atoms with E-state index in [0.717, 1.165) is 19.1 Å². The van der Waals surface area contributed by atoms with Crippen molar-refractivity contribution >= 4 is 7.85 Å². The molecule has 2 heteroatoms. The van der Waals surface area contributed by atoms with Gasteiger partial charge in [-0.15, -0.1) is 0 Å². The summed E-state index contributed by atoms with van der Waals surface area (Å²) in [4.78, 5) is 0. The van der Waals surface area contributed by atoms with Gasteiger partial charge in [-0.2, -0.15) is 0 Å². The summed E-state index contributed by atoms with van der Waals surface area (Å²) in [5.41, 5.74) is 0.419. The Morgan fingerprint density at radius 3 is 2.92 bits per heavy atom. The fraction of sp³-hybridized carbons (Fsp3) is 1.00. The van der Waals surface area contributed by atoms with Crippen molar-refractivity contribution in [3.63, 3.8) is 0 Å². The molecule has 2 bridgehead atoms. The molecule has 4 atom stereocenters. The molecule has 1 heterocycles. The maximum atomic E-state index is 6.09. The molecule has 0 aromatic carbocycles. The van der Waals surface area contributed by atoms with Gasteiger partial charge in [0.1, 0.15) is 0 Å². The Hall–Kier alpha value is 0.0249. The van der Waals surface area contributed by atoms with Crippen LogP contribution in [0.25, 0.3) is 0 Å². The standard InChI is InChI=1S/C10H17BO/c1-3-10-4-9(11)8(7(10)2)5-12-6-10/h7-9H,3-6H2,1-2H3/t7?,8-,9+,10-/m0/s1. The minimum atomic E-state index is 0.391. The molecule has 0 amide bonds. The van der Waals surface area contributed by atoms with E-state index in [1.807, 2.05) is 0 Å². The van der Waals surface area contributed by atoms with Crippen LogP contribution in [0, 0.1) is 17.3 Å². The van der Waals surface area contributed by atoms with Crippen LogP contribution in [-0.4, -0.2) is 21.1 Å². The van der Waals surface area contributed by atoms with Gasteiger partial charge in [0.2, 0.25) is 0 Å². The highest BCUT2D eigenvalue weighted by atomic mass is 16.5. The van der Waals surface area contributed by atoms with E-state index in [0.29, 0.717) is 17.2 Å². The Balaban J connectivity index is 2.24. The van der Waals surface area contributed by atoms with Crippen molar-refractivity contribution < 1.29 is 4.74 Å². The van der Waals surface area contributed by atoms with Crippen LogP contribution in [0.1, 0.15) is 26.7 Å². The van der Waals surface area contributed by atoms with E-state index < -0.39 is 0 Å². The average molecular weight is 164 g/mol. The number of ether oxygens (including phenoxy) is 1. The van der Waals surface area contributed by atoms with E-state index in [2.05, 4.69) is 13.8 Å². The molecule has 1 unspecified atom stereocenters. The molecule has 66 valence electrons. The minimum absolute atomic E-state index is 0.391. The summed E-state index contributed by atoms with van der Waals surface area (Å²) >= 11 is 0. The molecule has 1 saturated carbocycles. The molecule has 1 aliphatic heterocycles. The molecule has 12 heavy (non-hydrogen) atoms.